The van der Waals surface area contributed by atoms with Gasteiger partial charge in [-0.05, 0) is 35.7 Å². The van der Waals surface area contributed by atoms with Crippen LogP contribution in [-0.4, -0.2) is 13.1 Å². The minimum atomic E-state index is -2.13. The molecule has 0 aliphatic rings. The molecule has 90 valence electrons. The first-order valence-corrected chi connectivity index (χ1v) is 9.10. The maximum Gasteiger partial charge on any atom is 0.188 e. The van der Waals surface area contributed by atoms with Crippen molar-refractivity contribution >= 4 is 19.9 Å². The Bertz CT molecular complexity index is 355. The molecule has 0 radical (unpaired) electrons. The molecule has 1 rings (SSSR count). The van der Waals surface area contributed by atoms with Gasteiger partial charge in [0.25, 0.3) is 0 Å². The average molecular weight is 257 g/mol. The van der Waals surface area contributed by atoms with Crippen LogP contribution in [0.15, 0.2) is 24.3 Å². The van der Waals surface area contributed by atoms with E-state index in [-0.39, 0.29) is 5.04 Å². The minimum Gasteiger partial charge on any atom is -0.432 e. The molecule has 0 heterocycles. The van der Waals surface area contributed by atoms with Crippen LogP contribution >= 0.6 is 11.6 Å². The summed E-state index contributed by atoms with van der Waals surface area (Å²) < 4.78 is 0. The van der Waals surface area contributed by atoms with Gasteiger partial charge in [0, 0.05) is 5.88 Å². The van der Waals surface area contributed by atoms with Gasteiger partial charge in [-0.15, -0.1) is 11.6 Å². The van der Waals surface area contributed by atoms with Gasteiger partial charge in [0.15, 0.2) is 8.32 Å². The van der Waals surface area contributed by atoms with Crippen LogP contribution < -0.4 is 0 Å². The number of rotatable bonds is 4. The zero-order valence-corrected chi connectivity index (χ0v) is 12.3. The first-order chi connectivity index (χ1) is 7.26. The number of halogens is 1. The largest absolute Gasteiger partial charge is 0.432 e. The Morgan fingerprint density at radius 1 is 1.25 bits per heavy atom. The van der Waals surface area contributed by atoms with Crippen molar-refractivity contribution < 1.29 is 4.80 Å². The van der Waals surface area contributed by atoms with Crippen molar-refractivity contribution in [2.75, 3.05) is 0 Å². The van der Waals surface area contributed by atoms with Gasteiger partial charge < -0.3 is 4.80 Å². The molecule has 1 aromatic rings. The van der Waals surface area contributed by atoms with Gasteiger partial charge in [-0.3, -0.25) is 0 Å². The van der Waals surface area contributed by atoms with Crippen molar-refractivity contribution in [2.45, 2.75) is 44.3 Å². The van der Waals surface area contributed by atoms with E-state index in [1.165, 1.54) is 5.56 Å². The number of benzene rings is 1. The molecule has 0 spiro atoms. The Morgan fingerprint density at radius 3 is 2.31 bits per heavy atom. The highest BCUT2D eigenvalue weighted by molar-refractivity contribution is 6.72. The Labute approximate surface area is 105 Å². The van der Waals surface area contributed by atoms with Crippen molar-refractivity contribution in [3.63, 3.8) is 0 Å². The summed E-state index contributed by atoms with van der Waals surface area (Å²) in [5, 5.41) is -0.0159. The molecule has 0 saturated carbocycles. The molecule has 0 saturated heterocycles. The van der Waals surface area contributed by atoms with Gasteiger partial charge in [0.1, 0.15) is 0 Å². The van der Waals surface area contributed by atoms with Crippen LogP contribution in [0.1, 0.15) is 25.0 Å². The first kappa shape index (κ1) is 13.8. The third-order valence-corrected chi connectivity index (χ3v) is 7.25. The van der Waals surface area contributed by atoms with Gasteiger partial charge in [-0.25, -0.2) is 0 Å². The molecule has 3 heteroatoms. The second kappa shape index (κ2) is 4.90. The number of hydrogen-bond donors (Lipinski definition) is 1. The Hall–Kier alpha value is -0.313. The SMILES string of the molecule is CC(C)(Cc1cccc(CCl)c1)[Si](C)(C)O. The van der Waals surface area contributed by atoms with E-state index in [1.807, 2.05) is 25.2 Å². The molecule has 0 aliphatic carbocycles. The van der Waals surface area contributed by atoms with Crippen LogP contribution in [0.5, 0.6) is 0 Å². The van der Waals surface area contributed by atoms with E-state index >= 15 is 0 Å². The molecule has 16 heavy (non-hydrogen) atoms. The summed E-state index contributed by atoms with van der Waals surface area (Å²) in [6, 6.07) is 8.31. The van der Waals surface area contributed by atoms with Crippen LogP contribution in [0, 0.1) is 0 Å². The Kier molecular flexibility index (Phi) is 4.21. The third-order valence-electron chi connectivity index (χ3n) is 3.45. The fourth-order valence-electron chi connectivity index (χ4n) is 1.55. The van der Waals surface area contributed by atoms with Crippen molar-refractivity contribution in [1.29, 1.82) is 0 Å². The van der Waals surface area contributed by atoms with E-state index in [1.54, 1.807) is 0 Å². The van der Waals surface area contributed by atoms with Crippen molar-refractivity contribution in [1.82, 2.24) is 0 Å². The van der Waals surface area contributed by atoms with Crippen molar-refractivity contribution in [3.05, 3.63) is 35.4 Å². The molecule has 0 aliphatic heterocycles. The quantitative estimate of drug-likeness (QED) is 0.639. The van der Waals surface area contributed by atoms with Crippen LogP contribution in [0.25, 0.3) is 0 Å². The van der Waals surface area contributed by atoms with E-state index < -0.39 is 8.32 Å². The predicted molar refractivity (Wildman–Crippen MR) is 73.4 cm³/mol. The maximum absolute atomic E-state index is 10.2. The normalized spacial score (nSPS) is 12.9. The zero-order valence-electron chi connectivity index (χ0n) is 10.5. The average Bonchev–Trinajstić information content (AvgIpc) is 2.15. The lowest BCUT2D eigenvalue weighted by Crippen LogP contribution is -2.40. The van der Waals surface area contributed by atoms with Gasteiger partial charge in [-0.1, -0.05) is 38.1 Å². The summed E-state index contributed by atoms with van der Waals surface area (Å²) in [6.07, 6.45) is 0.910. The molecular weight excluding hydrogens is 236 g/mol. The van der Waals surface area contributed by atoms with Gasteiger partial charge in [0.2, 0.25) is 0 Å². The number of hydrogen-bond acceptors (Lipinski definition) is 1. The highest BCUT2D eigenvalue weighted by Gasteiger charge is 2.37. The summed E-state index contributed by atoms with van der Waals surface area (Å²) >= 11 is 5.82. The van der Waals surface area contributed by atoms with Crippen LogP contribution in [0.3, 0.4) is 0 Å². The Balaban J connectivity index is 2.88. The molecule has 1 nitrogen and oxygen atoms in total. The maximum atomic E-state index is 10.2. The molecule has 0 atom stereocenters. The van der Waals surface area contributed by atoms with Crippen molar-refractivity contribution in [2.24, 2.45) is 0 Å². The van der Waals surface area contributed by atoms with E-state index in [0.29, 0.717) is 5.88 Å². The molecule has 1 N–H and O–H groups in total. The second-order valence-corrected chi connectivity index (χ2v) is 10.3. The van der Waals surface area contributed by atoms with Gasteiger partial charge >= 0.3 is 0 Å². The zero-order chi connectivity index (χ0) is 12.4. The molecular formula is C13H21ClOSi. The summed E-state index contributed by atoms with van der Waals surface area (Å²) in [7, 11) is -2.13. The fraction of sp³-hybridized carbons (Fsp3) is 0.538. The predicted octanol–water partition coefficient (Wildman–Crippen LogP) is 3.95. The molecule has 0 fully saturated rings. The van der Waals surface area contributed by atoms with E-state index in [2.05, 4.69) is 26.0 Å². The lowest BCUT2D eigenvalue weighted by molar-refractivity contribution is 0.467. The lowest BCUT2D eigenvalue weighted by atomic mass is 10.0. The summed E-state index contributed by atoms with van der Waals surface area (Å²) in [5.74, 6) is 0.550. The standard InChI is InChI=1S/C13H21ClOSi/c1-13(2,16(3,4)15)9-11-6-5-7-12(8-11)10-14/h5-8,15H,9-10H2,1-4H3. The van der Waals surface area contributed by atoms with Crippen LogP contribution in [0.4, 0.5) is 0 Å². The molecule has 1 aromatic carbocycles. The molecule has 0 bridgehead atoms. The minimum absolute atomic E-state index is 0.0159. The topological polar surface area (TPSA) is 20.2 Å². The van der Waals surface area contributed by atoms with Crippen LogP contribution in [-0.2, 0) is 12.3 Å². The summed E-state index contributed by atoms with van der Waals surface area (Å²) in [5.41, 5.74) is 2.41. The highest BCUT2D eigenvalue weighted by atomic mass is 35.5. The molecule has 0 aromatic heterocycles. The molecule has 0 unspecified atom stereocenters. The smallest absolute Gasteiger partial charge is 0.188 e. The third kappa shape index (κ3) is 3.34. The lowest BCUT2D eigenvalue weighted by Gasteiger charge is -2.35. The fourth-order valence-corrected chi connectivity index (χ4v) is 2.35. The first-order valence-electron chi connectivity index (χ1n) is 5.62. The van der Waals surface area contributed by atoms with Gasteiger partial charge in [-0.2, -0.15) is 0 Å². The van der Waals surface area contributed by atoms with Crippen LogP contribution in [0.2, 0.25) is 18.1 Å². The van der Waals surface area contributed by atoms with Gasteiger partial charge in [0.05, 0.1) is 0 Å². The summed E-state index contributed by atoms with van der Waals surface area (Å²) in [4.78, 5) is 10.2. The second-order valence-electron chi connectivity index (χ2n) is 5.57. The Morgan fingerprint density at radius 2 is 1.81 bits per heavy atom. The summed E-state index contributed by atoms with van der Waals surface area (Å²) in [6.45, 7) is 8.29. The highest BCUT2D eigenvalue weighted by Crippen LogP contribution is 2.38. The monoisotopic (exact) mass is 256 g/mol. The van der Waals surface area contributed by atoms with Crippen molar-refractivity contribution in [3.8, 4) is 0 Å². The van der Waals surface area contributed by atoms with E-state index in [9.17, 15) is 4.80 Å². The van der Waals surface area contributed by atoms with E-state index in [0.717, 1.165) is 12.0 Å². The molecule has 0 amide bonds. The number of alkyl halides is 1. The van der Waals surface area contributed by atoms with E-state index in [4.69, 9.17) is 11.6 Å².